The summed E-state index contributed by atoms with van der Waals surface area (Å²) in [5.74, 6) is 1.14. The van der Waals surface area contributed by atoms with Crippen molar-refractivity contribution in [2.24, 2.45) is 7.05 Å². The Kier molecular flexibility index (Phi) is 4.48. The number of hydrogen-bond acceptors (Lipinski definition) is 3. The minimum atomic E-state index is 0.541. The third-order valence-electron chi connectivity index (χ3n) is 2.33. The number of likely N-dealkylation sites (N-methyl/N-ethyl adjacent to an activating group) is 1. The number of aromatic nitrogens is 2. The van der Waals surface area contributed by atoms with Gasteiger partial charge in [-0.05, 0) is 26.3 Å². The quantitative estimate of drug-likeness (QED) is 0.797. The van der Waals surface area contributed by atoms with Gasteiger partial charge in [-0.25, -0.2) is 0 Å². The normalized spacial score (nSPS) is 13.1. The lowest BCUT2D eigenvalue weighted by Crippen LogP contribution is -2.30. The molecule has 0 aliphatic carbocycles. The van der Waals surface area contributed by atoms with E-state index in [1.807, 2.05) is 37.5 Å². The molecular formula is C10H19N3S. The summed E-state index contributed by atoms with van der Waals surface area (Å²) in [5.41, 5.74) is 2.40. The zero-order chi connectivity index (χ0) is 10.6. The van der Waals surface area contributed by atoms with Gasteiger partial charge in [-0.1, -0.05) is 0 Å². The molecule has 1 unspecified atom stereocenters. The number of aryl methyl sites for hydroxylation is 2. The summed E-state index contributed by atoms with van der Waals surface area (Å²) in [4.78, 5) is 0. The van der Waals surface area contributed by atoms with Crippen LogP contribution in [0, 0.1) is 6.92 Å². The minimum Gasteiger partial charge on any atom is -0.316 e. The Morgan fingerprint density at radius 3 is 2.79 bits per heavy atom. The van der Waals surface area contributed by atoms with Crippen molar-refractivity contribution in [3.8, 4) is 0 Å². The van der Waals surface area contributed by atoms with Gasteiger partial charge >= 0.3 is 0 Å². The largest absolute Gasteiger partial charge is 0.316 e. The van der Waals surface area contributed by atoms with E-state index < -0.39 is 0 Å². The highest BCUT2D eigenvalue weighted by atomic mass is 32.2. The average molecular weight is 213 g/mol. The van der Waals surface area contributed by atoms with Crippen molar-refractivity contribution in [1.82, 2.24) is 15.1 Å². The van der Waals surface area contributed by atoms with Crippen molar-refractivity contribution in [3.63, 3.8) is 0 Å². The highest BCUT2D eigenvalue weighted by molar-refractivity contribution is 7.98. The number of thioether (sulfide) groups is 1. The molecule has 0 amide bonds. The molecular weight excluding hydrogens is 194 g/mol. The maximum atomic E-state index is 4.34. The number of rotatable bonds is 5. The molecule has 1 atom stereocenters. The van der Waals surface area contributed by atoms with E-state index in [0.29, 0.717) is 6.04 Å². The van der Waals surface area contributed by atoms with Gasteiger partial charge in [0.05, 0.1) is 5.69 Å². The Balaban J connectivity index is 2.61. The zero-order valence-corrected chi connectivity index (χ0v) is 10.2. The lowest BCUT2D eigenvalue weighted by Gasteiger charge is -2.14. The first-order valence-electron chi connectivity index (χ1n) is 4.83. The molecule has 0 bridgehead atoms. The van der Waals surface area contributed by atoms with E-state index in [9.17, 15) is 0 Å². The van der Waals surface area contributed by atoms with Gasteiger partial charge < -0.3 is 5.32 Å². The maximum absolute atomic E-state index is 4.34. The second-order valence-electron chi connectivity index (χ2n) is 3.55. The number of hydrogen-bond donors (Lipinski definition) is 1. The predicted octanol–water partition coefficient (Wildman–Crippen LogP) is 1.22. The standard InChI is InChI=1S/C10H19N3S/c1-8-5-10(13(3)12-8)6-9(11-2)7-14-4/h5,9,11H,6-7H2,1-4H3. The SMILES string of the molecule is CNC(CSC)Cc1cc(C)nn1C. The first-order chi connectivity index (χ1) is 6.67. The molecule has 1 aromatic rings. The average Bonchev–Trinajstić information content (AvgIpc) is 2.44. The Bertz CT molecular complexity index is 283. The lowest BCUT2D eigenvalue weighted by molar-refractivity contribution is 0.582. The van der Waals surface area contributed by atoms with Crippen LogP contribution < -0.4 is 5.32 Å². The molecule has 0 fully saturated rings. The van der Waals surface area contributed by atoms with E-state index >= 15 is 0 Å². The molecule has 3 nitrogen and oxygen atoms in total. The van der Waals surface area contributed by atoms with Gasteiger partial charge in [-0.15, -0.1) is 0 Å². The molecule has 14 heavy (non-hydrogen) atoms. The molecule has 0 saturated heterocycles. The van der Waals surface area contributed by atoms with Gasteiger partial charge in [0.15, 0.2) is 0 Å². The van der Waals surface area contributed by atoms with Gasteiger partial charge in [0.2, 0.25) is 0 Å². The summed E-state index contributed by atoms with van der Waals surface area (Å²) < 4.78 is 1.97. The first-order valence-corrected chi connectivity index (χ1v) is 6.22. The maximum Gasteiger partial charge on any atom is 0.0596 e. The lowest BCUT2D eigenvalue weighted by atomic mass is 10.2. The highest BCUT2D eigenvalue weighted by Gasteiger charge is 2.09. The molecule has 1 heterocycles. The summed E-state index contributed by atoms with van der Waals surface area (Å²) in [6.07, 6.45) is 3.19. The first kappa shape index (κ1) is 11.6. The van der Waals surface area contributed by atoms with E-state index in [-0.39, 0.29) is 0 Å². The number of nitrogens with one attached hydrogen (secondary N) is 1. The molecule has 0 aromatic carbocycles. The fraction of sp³-hybridized carbons (Fsp3) is 0.700. The van der Waals surface area contributed by atoms with Crippen LogP contribution in [0.1, 0.15) is 11.4 Å². The second-order valence-corrected chi connectivity index (χ2v) is 4.46. The van der Waals surface area contributed by atoms with Crippen LogP contribution in [-0.2, 0) is 13.5 Å². The number of nitrogens with zero attached hydrogens (tertiary/aromatic N) is 2. The summed E-state index contributed by atoms with van der Waals surface area (Å²) in [6, 6.07) is 2.70. The van der Waals surface area contributed by atoms with Crippen LogP contribution >= 0.6 is 11.8 Å². The molecule has 0 radical (unpaired) electrons. The zero-order valence-electron chi connectivity index (χ0n) is 9.37. The van der Waals surface area contributed by atoms with Gasteiger partial charge in [0, 0.05) is 31.0 Å². The van der Waals surface area contributed by atoms with E-state index in [1.165, 1.54) is 5.69 Å². The van der Waals surface area contributed by atoms with Crippen molar-refractivity contribution >= 4 is 11.8 Å². The van der Waals surface area contributed by atoms with Crippen molar-refractivity contribution in [2.45, 2.75) is 19.4 Å². The molecule has 4 heteroatoms. The molecule has 80 valence electrons. The molecule has 0 spiro atoms. The van der Waals surface area contributed by atoms with Crippen LogP contribution in [0.15, 0.2) is 6.07 Å². The summed E-state index contributed by atoms with van der Waals surface area (Å²) in [6.45, 7) is 2.03. The molecule has 1 rings (SSSR count). The molecule has 1 aromatic heterocycles. The fourth-order valence-electron chi connectivity index (χ4n) is 1.55. The Morgan fingerprint density at radius 2 is 2.36 bits per heavy atom. The Hall–Kier alpha value is -0.480. The monoisotopic (exact) mass is 213 g/mol. The minimum absolute atomic E-state index is 0.541. The van der Waals surface area contributed by atoms with Crippen LogP contribution in [-0.4, -0.2) is 34.9 Å². The van der Waals surface area contributed by atoms with Crippen LogP contribution in [0.2, 0.25) is 0 Å². The van der Waals surface area contributed by atoms with Crippen LogP contribution in [0.5, 0.6) is 0 Å². The Morgan fingerprint density at radius 1 is 1.64 bits per heavy atom. The van der Waals surface area contributed by atoms with E-state index in [0.717, 1.165) is 17.9 Å². The molecule has 0 aliphatic rings. The molecule has 0 aliphatic heterocycles. The predicted molar refractivity (Wildman–Crippen MR) is 62.9 cm³/mol. The van der Waals surface area contributed by atoms with Crippen molar-refractivity contribution in [3.05, 3.63) is 17.5 Å². The van der Waals surface area contributed by atoms with Crippen molar-refractivity contribution in [1.29, 1.82) is 0 Å². The van der Waals surface area contributed by atoms with E-state index in [1.54, 1.807) is 0 Å². The third kappa shape index (κ3) is 3.03. The molecule has 0 saturated carbocycles. The second kappa shape index (κ2) is 5.41. The van der Waals surface area contributed by atoms with Gasteiger partial charge in [0.25, 0.3) is 0 Å². The smallest absolute Gasteiger partial charge is 0.0596 e. The van der Waals surface area contributed by atoms with E-state index in [4.69, 9.17) is 0 Å². The van der Waals surface area contributed by atoms with Crippen LogP contribution in [0.4, 0.5) is 0 Å². The van der Waals surface area contributed by atoms with Gasteiger partial charge in [0.1, 0.15) is 0 Å². The van der Waals surface area contributed by atoms with Gasteiger partial charge in [-0.2, -0.15) is 16.9 Å². The molecule has 1 N–H and O–H groups in total. The summed E-state index contributed by atoms with van der Waals surface area (Å²) in [5, 5.41) is 7.67. The summed E-state index contributed by atoms with van der Waals surface area (Å²) in [7, 11) is 4.03. The van der Waals surface area contributed by atoms with Crippen molar-refractivity contribution < 1.29 is 0 Å². The fourth-order valence-corrected chi connectivity index (χ4v) is 2.24. The van der Waals surface area contributed by atoms with Gasteiger partial charge in [-0.3, -0.25) is 4.68 Å². The summed E-state index contributed by atoms with van der Waals surface area (Å²) >= 11 is 1.87. The highest BCUT2D eigenvalue weighted by Crippen LogP contribution is 2.07. The van der Waals surface area contributed by atoms with E-state index in [2.05, 4.69) is 22.7 Å². The Labute approximate surface area is 90.3 Å². The van der Waals surface area contributed by atoms with Crippen LogP contribution in [0.25, 0.3) is 0 Å². The van der Waals surface area contributed by atoms with Crippen molar-refractivity contribution in [2.75, 3.05) is 19.1 Å². The topological polar surface area (TPSA) is 29.9 Å². The third-order valence-corrected chi connectivity index (χ3v) is 3.07. The van der Waals surface area contributed by atoms with Crippen LogP contribution in [0.3, 0.4) is 0 Å².